The zero-order valence-electron chi connectivity index (χ0n) is 15.3. The number of urea groups is 1. The van der Waals surface area contributed by atoms with Gasteiger partial charge in [-0.2, -0.15) is 5.26 Å². The first-order valence-electron chi connectivity index (χ1n) is 8.99. The van der Waals surface area contributed by atoms with Crippen LogP contribution >= 0.6 is 11.6 Å². The Kier molecular flexibility index (Phi) is 5.18. The molecule has 2 aromatic carbocycles. The van der Waals surface area contributed by atoms with E-state index in [4.69, 9.17) is 11.6 Å². The number of nitrogens with one attached hydrogen (secondary N) is 3. The number of aromatic amines is 1. The van der Waals surface area contributed by atoms with Crippen molar-refractivity contribution in [2.75, 3.05) is 11.9 Å². The average molecular weight is 405 g/mol. The summed E-state index contributed by atoms with van der Waals surface area (Å²) in [4.78, 5) is 15.4. The van der Waals surface area contributed by atoms with Crippen molar-refractivity contribution in [3.8, 4) is 11.8 Å². The second-order valence-corrected chi connectivity index (χ2v) is 6.85. The highest BCUT2D eigenvalue weighted by molar-refractivity contribution is 6.30. The van der Waals surface area contributed by atoms with Crippen LogP contribution in [0.15, 0.2) is 60.9 Å². The molecule has 7 nitrogen and oxygen atoms in total. The topological polar surface area (TPSA) is 98.5 Å². The van der Waals surface area contributed by atoms with Crippen molar-refractivity contribution in [2.45, 2.75) is 6.42 Å². The number of fused-ring (bicyclic) bond motifs is 1. The monoisotopic (exact) mass is 404 g/mol. The van der Waals surface area contributed by atoms with Gasteiger partial charge in [-0.25, -0.2) is 9.48 Å². The molecule has 144 valence electrons. The molecule has 0 fully saturated rings. The van der Waals surface area contributed by atoms with Crippen LogP contribution in [0.1, 0.15) is 11.1 Å². The summed E-state index contributed by atoms with van der Waals surface area (Å²) < 4.78 is 1.52. The highest BCUT2D eigenvalue weighted by Crippen LogP contribution is 2.20. The van der Waals surface area contributed by atoms with E-state index in [1.807, 2.05) is 24.4 Å². The minimum absolute atomic E-state index is 0.341. The molecule has 0 bridgehead atoms. The van der Waals surface area contributed by atoms with Crippen molar-refractivity contribution in [2.24, 2.45) is 0 Å². The molecule has 0 unspecified atom stereocenters. The number of rotatable bonds is 5. The maximum atomic E-state index is 12.2. The number of nitrogens with zero attached hydrogens (tertiary/aromatic N) is 3. The molecule has 0 saturated heterocycles. The van der Waals surface area contributed by atoms with E-state index in [-0.39, 0.29) is 6.03 Å². The van der Waals surface area contributed by atoms with E-state index in [2.05, 4.69) is 32.9 Å². The third kappa shape index (κ3) is 4.08. The molecule has 0 saturated carbocycles. The molecule has 29 heavy (non-hydrogen) atoms. The van der Waals surface area contributed by atoms with Gasteiger partial charge < -0.3 is 10.3 Å². The van der Waals surface area contributed by atoms with Crippen molar-refractivity contribution in [1.82, 2.24) is 20.1 Å². The number of anilines is 1. The molecule has 0 aliphatic heterocycles. The van der Waals surface area contributed by atoms with Crippen LogP contribution in [0.3, 0.4) is 0 Å². The molecule has 2 aromatic heterocycles. The van der Waals surface area contributed by atoms with E-state index in [9.17, 15) is 10.1 Å². The van der Waals surface area contributed by atoms with Crippen molar-refractivity contribution in [3.63, 3.8) is 0 Å². The fraction of sp³-hybridized carbons (Fsp3) is 0.0952. The maximum absolute atomic E-state index is 12.2. The van der Waals surface area contributed by atoms with Gasteiger partial charge in [-0.15, -0.1) is 5.10 Å². The molecule has 0 spiro atoms. The summed E-state index contributed by atoms with van der Waals surface area (Å²) in [5, 5.41) is 20.7. The molecule has 0 aliphatic rings. The summed E-state index contributed by atoms with van der Waals surface area (Å²) >= 11 is 5.93. The molecule has 4 rings (SSSR count). The van der Waals surface area contributed by atoms with Crippen LogP contribution < -0.4 is 10.6 Å². The van der Waals surface area contributed by atoms with Gasteiger partial charge >= 0.3 is 6.03 Å². The molecule has 0 atom stereocenters. The lowest BCUT2D eigenvalue weighted by atomic mass is 10.1. The summed E-state index contributed by atoms with van der Waals surface area (Å²) in [6.07, 6.45) is 4.35. The number of para-hydroxylation sites is 1. The van der Waals surface area contributed by atoms with Gasteiger partial charge in [0.15, 0.2) is 5.82 Å². The molecule has 8 heteroatoms. The first-order valence-corrected chi connectivity index (χ1v) is 9.37. The molecule has 2 heterocycles. The van der Waals surface area contributed by atoms with Crippen LogP contribution in [-0.2, 0) is 6.42 Å². The quantitative estimate of drug-likeness (QED) is 0.463. The Bertz CT molecular complexity index is 1220. The van der Waals surface area contributed by atoms with Gasteiger partial charge in [0.2, 0.25) is 0 Å². The van der Waals surface area contributed by atoms with Gasteiger partial charge in [0.25, 0.3) is 0 Å². The van der Waals surface area contributed by atoms with Crippen LogP contribution in [0.4, 0.5) is 10.6 Å². The van der Waals surface area contributed by atoms with Crippen LogP contribution in [0.5, 0.6) is 0 Å². The first-order chi connectivity index (χ1) is 14.1. The number of carbonyl (C=O) groups is 1. The number of halogens is 1. The van der Waals surface area contributed by atoms with E-state index < -0.39 is 0 Å². The molecule has 0 aliphatic carbocycles. The van der Waals surface area contributed by atoms with Crippen LogP contribution in [-0.4, -0.2) is 27.3 Å². The smallest absolute Gasteiger partial charge is 0.320 e. The highest BCUT2D eigenvalue weighted by Gasteiger charge is 2.10. The minimum Gasteiger partial charge on any atom is -0.361 e. The number of amides is 2. The van der Waals surface area contributed by atoms with Gasteiger partial charge in [-0.05, 0) is 36.2 Å². The van der Waals surface area contributed by atoms with Gasteiger partial charge in [0, 0.05) is 40.9 Å². The van der Waals surface area contributed by atoms with Crippen molar-refractivity contribution in [1.29, 1.82) is 5.26 Å². The number of benzene rings is 2. The molecule has 0 radical (unpaired) electrons. The minimum atomic E-state index is -0.341. The van der Waals surface area contributed by atoms with Gasteiger partial charge in [-0.3, -0.25) is 5.32 Å². The molecular weight excluding hydrogens is 388 g/mol. The summed E-state index contributed by atoms with van der Waals surface area (Å²) in [6, 6.07) is 16.4. The van der Waals surface area contributed by atoms with Crippen molar-refractivity contribution >= 4 is 34.4 Å². The first kappa shape index (κ1) is 18.6. The van der Waals surface area contributed by atoms with Crippen molar-refractivity contribution in [3.05, 3.63) is 77.1 Å². The molecule has 3 N–H and O–H groups in total. The second-order valence-electron chi connectivity index (χ2n) is 6.41. The fourth-order valence-electron chi connectivity index (χ4n) is 3.13. The van der Waals surface area contributed by atoms with Crippen LogP contribution in [0.25, 0.3) is 16.6 Å². The molecular formula is C21H17ClN6O. The van der Waals surface area contributed by atoms with E-state index >= 15 is 0 Å². The fourth-order valence-corrected chi connectivity index (χ4v) is 3.30. The average Bonchev–Trinajstić information content (AvgIpc) is 3.35. The second kappa shape index (κ2) is 8.09. The zero-order valence-corrected chi connectivity index (χ0v) is 16.1. The number of H-pyrrole nitrogens is 1. The van der Waals surface area contributed by atoms with Crippen LogP contribution in [0, 0.1) is 11.3 Å². The lowest BCUT2D eigenvalue weighted by molar-refractivity contribution is 0.252. The van der Waals surface area contributed by atoms with Crippen LogP contribution in [0.2, 0.25) is 5.02 Å². The lowest BCUT2D eigenvalue weighted by Gasteiger charge is -2.06. The lowest BCUT2D eigenvalue weighted by Crippen LogP contribution is -2.30. The Hall–Kier alpha value is -3.76. The largest absolute Gasteiger partial charge is 0.361 e. The third-order valence-electron chi connectivity index (χ3n) is 4.51. The van der Waals surface area contributed by atoms with Crippen molar-refractivity contribution < 1.29 is 4.79 Å². The highest BCUT2D eigenvalue weighted by atomic mass is 35.5. The van der Waals surface area contributed by atoms with Gasteiger partial charge in [0.05, 0.1) is 11.3 Å². The Labute approximate surface area is 171 Å². The third-order valence-corrected chi connectivity index (χ3v) is 4.75. The number of carbonyl (C=O) groups excluding carboxylic acids is 1. The number of hydrogen-bond acceptors (Lipinski definition) is 3. The number of hydrogen-bond donors (Lipinski definition) is 3. The summed E-state index contributed by atoms with van der Waals surface area (Å²) in [6.45, 7) is 0.490. The Morgan fingerprint density at radius 2 is 2.10 bits per heavy atom. The van der Waals surface area contributed by atoms with E-state index in [1.54, 1.807) is 30.5 Å². The van der Waals surface area contributed by atoms with E-state index in [0.717, 1.165) is 16.5 Å². The van der Waals surface area contributed by atoms with Gasteiger partial charge in [-0.1, -0.05) is 29.8 Å². The Morgan fingerprint density at radius 3 is 2.97 bits per heavy atom. The summed E-state index contributed by atoms with van der Waals surface area (Å²) in [5.74, 6) is 0.383. The number of aromatic nitrogens is 3. The Balaban J connectivity index is 1.35. The Morgan fingerprint density at radius 1 is 1.24 bits per heavy atom. The zero-order chi connectivity index (χ0) is 20.2. The summed E-state index contributed by atoms with van der Waals surface area (Å²) in [7, 11) is 0. The predicted octanol–water partition coefficient (Wildman–Crippen LogP) is 4.24. The maximum Gasteiger partial charge on any atom is 0.320 e. The van der Waals surface area contributed by atoms with Gasteiger partial charge in [0.1, 0.15) is 6.07 Å². The number of nitriles is 1. The predicted molar refractivity (Wildman–Crippen MR) is 112 cm³/mol. The summed E-state index contributed by atoms with van der Waals surface area (Å²) in [5.41, 5.74) is 3.22. The normalized spacial score (nSPS) is 10.6. The van der Waals surface area contributed by atoms with E-state index in [0.29, 0.717) is 35.1 Å². The standard InChI is InChI=1S/C21H17ClN6O/c22-16-5-6-19(15(11-16)12-23)28-10-8-20(27-28)26-21(29)24-9-7-14-13-25-18-4-2-1-3-17(14)18/h1-6,8,10-11,13,25H,7,9H2,(H2,24,26,27,29). The SMILES string of the molecule is N#Cc1cc(Cl)ccc1-n1ccc(NC(=O)NCCc2c[nH]c3ccccc23)n1. The molecule has 4 aromatic rings. The molecule has 2 amide bonds. The van der Waals surface area contributed by atoms with E-state index in [1.165, 1.54) is 4.68 Å².